The van der Waals surface area contributed by atoms with Crippen LogP contribution >= 0.6 is 23.2 Å². The van der Waals surface area contributed by atoms with E-state index in [2.05, 4.69) is 15.3 Å². The molecule has 0 aromatic carbocycles. The van der Waals surface area contributed by atoms with Crippen molar-refractivity contribution in [3.63, 3.8) is 0 Å². The van der Waals surface area contributed by atoms with Crippen LogP contribution in [-0.4, -0.2) is 39.9 Å². The number of aryl methyl sites for hydroxylation is 1. The summed E-state index contributed by atoms with van der Waals surface area (Å²) in [5.41, 5.74) is 0.00662. The number of ether oxygens (including phenoxy) is 2. The molecule has 8 nitrogen and oxygen atoms in total. The van der Waals surface area contributed by atoms with Crippen LogP contribution in [0.25, 0.3) is 0 Å². The minimum Gasteiger partial charge on any atom is -0.444 e. The fraction of sp³-hybridized carbons (Fsp3) is 0.478. The minimum absolute atomic E-state index is 0.323. The predicted octanol–water partition coefficient (Wildman–Crippen LogP) is 6.50. The van der Waals surface area contributed by atoms with Crippen molar-refractivity contribution in [3.8, 4) is 0 Å². The number of anilines is 2. The molecule has 10 heteroatoms. The van der Waals surface area contributed by atoms with Crippen LogP contribution < -0.4 is 10.2 Å². The van der Waals surface area contributed by atoms with Gasteiger partial charge in [0.1, 0.15) is 33.1 Å². The highest BCUT2D eigenvalue weighted by atomic mass is 35.5. The second-order valence-electron chi connectivity index (χ2n) is 9.32. The Hall–Kier alpha value is -2.58. The number of aromatic nitrogens is 2. The molecule has 2 aromatic rings. The third kappa shape index (κ3) is 9.43. The van der Waals surface area contributed by atoms with Crippen molar-refractivity contribution in [2.75, 3.05) is 16.8 Å². The summed E-state index contributed by atoms with van der Waals surface area (Å²) in [7, 11) is 0. The van der Waals surface area contributed by atoms with E-state index >= 15 is 0 Å². The maximum atomic E-state index is 12.1. The second-order valence-corrected chi connectivity index (χ2v) is 10.1. The van der Waals surface area contributed by atoms with Crippen LogP contribution in [0.5, 0.6) is 0 Å². The van der Waals surface area contributed by atoms with E-state index in [-0.39, 0.29) is 6.09 Å². The number of nitrogens with zero attached hydrogens (tertiary/aromatic N) is 3. The van der Waals surface area contributed by atoms with Gasteiger partial charge in [0.05, 0.1) is 0 Å². The number of halogens is 2. The summed E-state index contributed by atoms with van der Waals surface area (Å²) in [6.45, 7) is 11.5. The van der Waals surface area contributed by atoms with Crippen molar-refractivity contribution in [2.45, 2.75) is 65.6 Å². The van der Waals surface area contributed by atoms with Gasteiger partial charge >= 0.3 is 12.2 Å². The van der Waals surface area contributed by atoms with Crippen molar-refractivity contribution in [1.82, 2.24) is 9.97 Å². The van der Waals surface area contributed by atoms with E-state index < -0.39 is 17.3 Å². The van der Waals surface area contributed by atoms with Gasteiger partial charge in [0, 0.05) is 6.54 Å². The van der Waals surface area contributed by atoms with Crippen LogP contribution in [0, 0.1) is 0 Å². The summed E-state index contributed by atoms with van der Waals surface area (Å²) in [6.07, 6.45) is 0.921. The predicted molar refractivity (Wildman–Crippen MR) is 130 cm³/mol. The molecule has 0 saturated heterocycles. The zero-order valence-corrected chi connectivity index (χ0v) is 21.3. The van der Waals surface area contributed by atoms with Crippen LogP contribution in [0.3, 0.4) is 0 Å². The Balaban J connectivity index is 0.000000238. The summed E-state index contributed by atoms with van der Waals surface area (Å²) < 4.78 is 10.4. The lowest BCUT2D eigenvalue weighted by atomic mass is 10.1. The number of rotatable bonds is 1. The molecule has 2 aromatic heterocycles. The molecule has 0 fully saturated rings. The van der Waals surface area contributed by atoms with Gasteiger partial charge in [-0.05, 0) is 78.1 Å². The molecule has 2 amide bonds. The minimum atomic E-state index is -0.544. The van der Waals surface area contributed by atoms with Crippen molar-refractivity contribution >= 4 is 47.0 Å². The van der Waals surface area contributed by atoms with E-state index in [9.17, 15) is 9.59 Å². The van der Waals surface area contributed by atoms with Crippen molar-refractivity contribution in [3.05, 3.63) is 46.2 Å². The molecule has 0 bridgehead atoms. The van der Waals surface area contributed by atoms with Gasteiger partial charge in [-0.15, -0.1) is 0 Å². The molecule has 1 N–H and O–H groups in total. The fourth-order valence-electron chi connectivity index (χ4n) is 2.80. The number of pyridine rings is 2. The number of carbonyl (C=O) groups excluding carboxylic acids is 2. The molecule has 0 atom stereocenters. The van der Waals surface area contributed by atoms with E-state index in [1.807, 2.05) is 26.8 Å². The van der Waals surface area contributed by atoms with E-state index in [0.29, 0.717) is 28.5 Å². The molecule has 3 rings (SSSR count). The number of carbonyl (C=O) groups is 2. The molecule has 3 heterocycles. The normalized spacial score (nSPS) is 13.3. The Morgan fingerprint density at radius 1 is 0.939 bits per heavy atom. The quantitative estimate of drug-likeness (QED) is 0.452. The Kier molecular flexibility index (Phi) is 8.91. The third-order valence-corrected chi connectivity index (χ3v) is 4.38. The molecular formula is C23H30Cl2N4O4. The zero-order valence-electron chi connectivity index (χ0n) is 19.7. The van der Waals surface area contributed by atoms with Crippen LogP contribution in [0.15, 0.2) is 30.3 Å². The lowest BCUT2D eigenvalue weighted by Gasteiger charge is -2.30. The number of fused-ring (bicyclic) bond motifs is 1. The average molecular weight is 497 g/mol. The number of hydrogen-bond acceptors (Lipinski definition) is 6. The summed E-state index contributed by atoms with van der Waals surface area (Å²) in [6, 6.07) is 8.62. The summed E-state index contributed by atoms with van der Waals surface area (Å²) >= 11 is 11.5. The maximum Gasteiger partial charge on any atom is 0.416 e. The largest absolute Gasteiger partial charge is 0.444 e. The molecule has 0 aliphatic carbocycles. The van der Waals surface area contributed by atoms with Gasteiger partial charge in [-0.2, -0.15) is 0 Å². The van der Waals surface area contributed by atoms with E-state index in [4.69, 9.17) is 32.7 Å². The van der Waals surface area contributed by atoms with Crippen molar-refractivity contribution in [2.24, 2.45) is 0 Å². The van der Waals surface area contributed by atoms with Gasteiger partial charge in [0.2, 0.25) is 0 Å². The van der Waals surface area contributed by atoms with Crippen molar-refractivity contribution in [1.29, 1.82) is 0 Å². The first kappa shape index (κ1) is 26.7. The lowest BCUT2D eigenvalue weighted by Crippen LogP contribution is -2.40. The maximum absolute atomic E-state index is 12.1. The van der Waals surface area contributed by atoms with Crippen LogP contribution in [-0.2, 0) is 15.9 Å². The standard InChI is InChI=1S/C13H17ClN2O2.C10H13ClN2O2/c1-13(2,3)18-12(17)16-8-4-5-9-6-7-10(14)15-11(9)16;1-10(2,3)15-9(14)13-8-6-4-5-7(11)12-8/h6-7H,4-5,8H2,1-3H3;4-6H,1-3H3,(H,12,13,14). The van der Waals surface area contributed by atoms with Gasteiger partial charge in [-0.3, -0.25) is 10.2 Å². The molecule has 180 valence electrons. The van der Waals surface area contributed by atoms with Crippen LogP contribution in [0.1, 0.15) is 53.5 Å². The highest BCUT2D eigenvalue weighted by Gasteiger charge is 2.28. The fourth-order valence-corrected chi connectivity index (χ4v) is 3.10. The number of amides is 2. The van der Waals surface area contributed by atoms with Crippen LogP contribution in [0.2, 0.25) is 10.3 Å². The van der Waals surface area contributed by atoms with E-state index in [0.717, 1.165) is 18.4 Å². The topological polar surface area (TPSA) is 93.6 Å². The summed E-state index contributed by atoms with van der Waals surface area (Å²) in [5, 5.41) is 3.20. The Bertz CT molecular complexity index is 987. The summed E-state index contributed by atoms with van der Waals surface area (Å²) in [4.78, 5) is 33.1. The monoisotopic (exact) mass is 496 g/mol. The van der Waals surface area contributed by atoms with Crippen molar-refractivity contribution < 1.29 is 19.1 Å². The molecule has 0 spiro atoms. The first-order chi connectivity index (χ1) is 15.2. The molecule has 1 aliphatic rings. The first-order valence-corrected chi connectivity index (χ1v) is 11.3. The molecule has 0 unspecified atom stereocenters. The van der Waals surface area contributed by atoms with Gasteiger partial charge in [0.25, 0.3) is 0 Å². The lowest BCUT2D eigenvalue weighted by molar-refractivity contribution is 0.0574. The number of hydrogen-bond donors (Lipinski definition) is 1. The first-order valence-electron chi connectivity index (χ1n) is 10.5. The Morgan fingerprint density at radius 3 is 2.18 bits per heavy atom. The summed E-state index contributed by atoms with van der Waals surface area (Å²) in [5.74, 6) is 1.000. The molecule has 0 radical (unpaired) electrons. The van der Waals surface area contributed by atoms with Gasteiger partial charge in [-0.25, -0.2) is 19.6 Å². The van der Waals surface area contributed by atoms with E-state index in [1.165, 1.54) is 0 Å². The average Bonchev–Trinajstić information content (AvgIpc) is 2.65. The van der Waals surface area contributed by atoms with Gasteiger partial charge in [-0.1, -0.05) is 35.3 Å². The second kappa shape index (κ2) is 11.0. The third-order valence-electron chi connectivity index (χ3n) is 3.96. The smallest absolute Gasteiger partial charge is 0.416 e. The van der Waals surface area contributed by atoms with Gasteiger partial charge < -0.3 is 9.47 Å². The van der Waals surface area contributed by atoms with E-state index in [1.54, 1.807) is 49.9 Å². The number of nitrogens with one attached hydrogen (secondary N) is 1. The van der Waals surface area contributed by atoms with Crippen LogP contribution in [0.4, 0.5) is 21.2 Å². The molecule has 33 heavy (non-hydrogen) atoms. The zero-order chi connectivity index (χ0) is 24.8. The molecule has 0 saturated carbocycles. The Labute approximate surface area is 204 Å². The van der Waals surface area contributed by atoms with Gasteiger partial charge in [0.15, 0.2) is 0 Å². The SMILES string of the molecule is CC(C)(C)OC(=O)N1CCCc2ccc(Cl)nc21.CC(C)(C)OC(=O)Nc1cccc(Cl)n1. The molecule has 1 aliphatic heterocycles. The highest BCUT2D eigenvalue weighted by molar-refractivity contribution is 6.29. The Morgan fingerprint density at radius 2 is 1.58 bits per heavy atom. The molecular weight excluding hydrogens is 467 g/mol. The highest BCUT2D eigenvalue weighted by Crippen LogP contribution is 2.28.